The number of rotatable bonds is 3. The Bertz CT molecular complexity index is 354. The lowest BCUT2D eigenvalue weighted by molar-refractivity contribution is -0.144. The molecule has 0 fully saturated rings. The van der Waals surface area contributed by atoms with Crippen LogP contribution in [-0.4, -0.2) is 17.2 Å². The summed E-state index contributed by atoms with van der Waals surface area (Å²) in [5.74, 6) is -2.07. The zero-order valence-electron chi connectivity index (χ0n) is 7.33. The Kier molecular flexibility index (Phi) is 3.30. The summed E-state index contributed by atoms with van der Waals surface area (Å²) >= 11 is 5.47. The smallest absolute Gasteiger partial charge is 0.344 e. The van der Waals surface area contributed by atoms with Gasteiger partial charge in [0, 0.05) is 0 Å². The first kappa shape index (κ1) is 10.8. The van der Waals surface area contributed by atoms with Gasteiger partial charge in [0.15, 0.2) is 17.7 Å². The van der Waals surface area contributed by atoms with Crippen molar-refractivity contribution in [1.29, 1.82) is 0 Å². The van der Waals surface area contributed by atoms with E-state index in [4.69, 9.17) is 21.4 Å². The number of hydrogen-bond donors (Lipinski definition) is 1. The highest BCUT2D eigenvalue weighted by molar-refractivity contribution is 6.30. The SMILES string of the molecule is C[C@@H](Oc1cccc(Cl)c1F)C(=O)O. The number of hydrogen-bond acceptors (Lipinski definition) is 2. The highest BCUT2D eigenvalue weighted by Crippen LogP contribution is 2.24. The van der Waals surface area contributed by atoms with Gasteiger partial charge in [-0.1, -0.05) is 17.7 Å². The third kappa shape index (κ3) is 2.35. The van der Waals surface area contributed by atoms with Crippen LogP contribution in [0.25, 0.3) is 0 Å². The fourth-order valence-corrected chi connectivity index (χ4v) is 0.982. The van der Waals surface area contributed by atoms with E-state index in [1.54, 1.807) is 0 Å². The zero-order valence-corrected chi connectivity index (χ0v) is 8.08. The van der Waals surface area contributed by atoms with Crippen LogP contribution in [0.3, 0.4) is 0 Å². The molecule has 1 rings (SSSR count). The average molecular weight is 219 g/mol. The highest BCUT2D eigenvalue weighted by atomic mass is 35.5. The van der Waals surface area contributed by atoms with Crippen molar-refractivity contribution in [2.45, 2.75) is 13.0 Å². The maximum atomic E-state index is 13.2. The third-order valence-electron chi connectivity index (χ3n) is 1.57. The van der Waals surface area contributed by atoms with Gasteiger partial charge in [-0.25, -0.2) is 9.18 Å². The first-order valence-electron chi connectivity index (χ1n) is 3.86. The maximum Gasteiger partial charge on any atom is 0.344 e. The van der Waals surface area contributed by atoms with E-state index in [0.29, 0.717) is 0 Å². The first-order chi connectivity index (χ1) is 6.52. The standard InChI is InChI=1S/C9H8ClFO3/c1-5(9(12)13)14-7-4-2-3-6(10)8(7)11/h2-5H,1H3,(H,12,13)/t5-/m1/s1. The Hall–Kier alpha value is -1.29. The van der Waals surface area contributed by atoms with Gasteiger partial charge in [-0.2, -0.15) is 0 Å². The minimum Gasteiger partial charge on any atom is -0.479 e. The molecule has 3 nitrogen and oxygen atoms in total. The van der Waals surface area contributed by atoms with E-state index in [0.717, 1.165) is 0 Å². The maximum absolute atomic E-state index is 13.2. The predicted octanol–water partition coefficient (Wildman–Crippen LogP) is 2.33. The molecule has 76 valence electrons. The van der Waals surface area contributed by atoms with Crippen LogP contribution in [0.4, 0.5) is 4.39 Å². The van der Waals surface area contributed by atoms with Gasteiger partial charge < -0.3 is 9.84 Å². The molecule has 0 amide bonds. The monoisotopic (exact) mass is 218 g/mol. The Morgan fingerprint density at radius 2 is 2.29 bits per heavy atom. The lowest BCUT2D eigenvalue weighted by Crippen LogP contribution is -2.23. The van der Waals surface area contributed by atoms with Crippen molar-refractivity contribution in [3.05, 3.63) is 29.0 Å². The summed E-state index contributed by atoms with van der Waals surface area (Å²) in [6.45, 7) is 1.31. The topological polar surface area (TPSA) is 46.5 Å². The summed E-state index contributed by atoms with van der Waals surface area (Å²) in [5, 5.41) is 8.43. The molecule has 1 N–H and O–H groups in total. The van der Waals surface area contributed by atoms with Crippen molar-refractivity contribution >= 4 is 17.6 Å². The van der Waals surface area contributed by atoms with Gasteiger partial charge in [0.05, 0.1) is 5.02 Å². The van der Waals surface area contributed by atoms with Crippen molar-refractivity contribution in [3.63, 3.8) is 0 Å². The molecule has 0 saturated heterocycles. The van der Waals surface area contributed by atoms with E-state index in [1.807, 2.05) is 0 Å². The van der Waals surface area contributed by atoms with Crippen LogP contribution in [0.15, 0.2) is 18.2 Å². The molecule has 0 bridgehead atoms. The number of halogens is 2. The largest absolute Gasteiger partial charge is 0.479 e. The molecule has 0 unspecified atom stereocenters. The molecular weight excluding hydrogens is 211 g/mol. The van der Waals surface area contributed by atoms with Crippen molar-refractivity contribution in [2.24, 2.45) is 0 Å². The summed E-state index contributed by atoms with van der Waals surface area (Å²) in [6.07, 6.45) is -1.11. The molecule has 0 aromatic heterocycles. The van der Waals surface area contributed by atoms with Crippen LogP contribution in [0.1, 0.15) is 6.92 Å². The minimum atomic E-state index is -1.16. The fraction of sp³-hybridized carbons (Fsp3) is 0.222. The predicted molar refractivity (Wildman–Crippen MR) is 49.1 cm³/mol. The van der Waals surface area contributed by atoms with Gasteiger partial charge in [-0.15, -0.1) is 0 Å². The molecular formula is C9H8ClFO3. The number of carbonyl (C=O) groups is 1. The van der Waals surface area contributed by atoms with Crippen molar-refractivity contribution < 1.29 is 19.0 Å². The summed E-state index contributed by atoms with van der Waals surface area (Å²) in [7, 11) is 0. The molecule has 0 aliphatic rings. The van der Waals surface area contributed by atoms with Crippen LogP contribution >= 0.6 is 11.6 Å². The summed E-state index contributed by atoms with van der Waals surface area (Å²) < 4.78 is 18.0. The van der Waals surface area contributed by atoms with Crippen LogP contribution < -0.4 is 4.74 Å². The normalized spacial score (nSPS) is 12.2. The second kappa shape index (κ2) is 4.28. The second-order valence-corrected chi connectivity index (χ2v) is 3.06. The number of benzene rings is 1. The van der Waals surface area contributed by atoms with E-state index in [1.165, 1.54) is 25.1 Å². The van der Waals surface area contributed by atoms with Crippen LogP contribution in [-0.2, 0) is 4.79 Å². The van der Waals surface area contributed by atoms with Crippen LogP contribution in [0.2, 0.25) is 5.02 Å². The van der Waals surface area contributed by atoms with E-state index in [9.17, 15) is 9.18 Å². The second-order valence-electron chi connectivity index (χ2n) is 2.65. The Morgan fingerprint density at radius 3 is 2.86 bits per heavy atom. The lowest BCUT2D eigenvalue weighted by atomic mass is 10.3. The molecule has 14 heavy (non-hydrogen) atoms. The third-order valence-corrected chi connectivity index (χ3v) is 1.86. The number of aliphatic carboxylic acids is 1. The molecule has 5 heteroatoms. The molecule has 0 spiro atoms. The van der Waals surface area contributed by atoms with Gasteiger partial charge in [0.25, 0.3) is 0 Å². The van der Waals surface area contributed by atoms with E-state index in [-0.39, 0.29) is 10.8 Å². The summed E-state index contributed by atoms with van der Waals surface area (Å²) in [6, 6.07) is 4.16. The van der Waals surface area contributed by atoms with Gasteiger partial charge in [-0.05, 0) is 19.1 Å². The zero-order chi connectivity index (χ0) is 10.7. The molecule has 1 aromatic carbocycles. The average Bonchev–Trinajstić information content (AvgIpc) is 2.12. The molecule has 0 heterocycles. The van der Waals surface area contributed by atoms with Crippen LogP contribution in [0.5, 0.6) is 5.75 Å². The molecule has 1 aromatic rings. The van der Waals surface area contributed by atoms with Crippen molar-refractivity contribution in [2.75, 3.05) is 0 Å². The highest BCUT2D eigenvalue weighted by Gasteiger charge is 2.15. The lowest BCUT2D eigenvalue weighted by Gasteiger charge is -2.11. The molecule has 0 aliphatic carbocycles. The fourth-order valence-electron chi connectivity index (χ4n) is 0.816. The van der Waals surface area contributed by atoms with Gasteiger partial charge >= 0.3 is 5.97 Å². The van der Waals surface area contributed by atoms with Gasteiger partial charge in [-0.3, -0.25) is 0 Å². The molecule has 0 radical (unpaired) electrons. The molecule has 1 atom stereocenters. The Labute approximate surface area is 85.1 Å². The van der Waals surface area contributed by atoms with E-state index >= 15 is 0 Å². The van der Waals surface area contributed by atoms with Gasteiger partial charge in [0.2, 0.25) is 0 Å². The Balaban J connectivity index is 2.87. The van der Waals surface area contributed by atoms with E-state index < -0.39 is 17.9 Å². The first-order valence-corrected chi connectivity index (χ1v) is 4.23. The van der Waals surface area contributed by atoms with Crippen LogP contribution in [0, 0.1) is 5.82 Å². The number of carboxylic acid groups (broad SMARTS) is 1. The summed E-state index contributed by atoms with van der Waals surface area (Å²) in [4.78, 5) is 10.4. The van der Waals surface area contributed by atoms with Crippen molar-refractivity contribution in [1.82, 2.24) is 0 Å². The molecule has 0 aliphatic heterocycles. The quantitative estimate of drug-likeness (QED) is 0.847. The molecule has 0 saturated carbocycles. The minimum absolute atomic E-state index is 0.0971. The van der Waals surface area contributed by atoms with E-state index in [2.05, 4.69) is 0 Å². The number of ether oxygens (including phenoxy) is 1. The van der Waals surface area contributed by atoms with Gasteiger partial charge in [0.1, 0.15) is 0 Å². The van der Waals surface area contributed by atoms with Crippen molar-refractivity contribution in [3.8, 4) is 5.75 Å². The number of carboxylic acids is 1. The summed E-state index contributed by atoms with van der Waals surface area (Å²) in [5.41, 5.74) is 0. The Morgan fingerprint density at radius 1 is 1.64 bits per heavy atom.